The van der Waals surface area contributed by atoms with Crippen LogP contribution in [0, 0.1) is 10.1 Å². The van der Waals surface area contributed by atoms with Crippen LogP contribution < -0.4 is 15.8 Å². The number of nitro benzene ring substituents is 1. The van der Waals surface area contributed by atoms with Gasteiger partial charge in [-0.2, -0.15) is 0 Å². The van der Waals surface area contributed by atoms with Crippen LogP contribution in [0.4, 0.5) is 5.69 Å². The van der Waals surface area contributed by atoms with Gasteiger partial charge in [-0.3, -0.25) is 14.9 Å². The molecule has 2 rings (SSSR count). The highest BCUT2D eigenvalue weighted by Gasteiger charge is 2.29. The highest BCUT2D eigenvalue weighted by molar-refractivity contribution is 5.98. The number of carbonyl (C=O) groups is 1. The zero-order valence-electron chi connectivity index (χ0n) is 11.2. The van der Waals surface area contributed by atoms with Crippen molar-refractivity contribution >= 4 is 11.6 Å². The minimum absolute atomic E-state index is 0.0149. The van der Waals surface area contributed by atoms with Crippen molar-refractivity contribution in [3.05, 3.63) is 33.9 Å². The third kappa shape index (κ3) is 2.88. The molecular formula is C13H17N3O4. The maximum Gasteiger partial charge on any atom is 0.311 e. The molecule has 1 aromatic rings. The summed E-state index contributed by atoms with van der Waals surface area (Å²) in [6, 6.07) is 4.47. The first-order valence-corrected chi connectivity index (χ1v) is 6.49. The fraction of sp³-hybridized carbons (Fsp3) is 0.462. The number of hydrogen-bond acceptors (Lipinski definition) is 5. The fourth-order valence-corrected chi connectivity index (χ4v) is 2.19. The summed E-state index contributed by atoms with van der Waals surface area (Å²) in [6.45, 7) is 1.96. The van der Waals surface area contributed by atoms with E-state index in [2.05, 4.69) is 5.32 Å². The lowest BCUT2D eigenvalue weighted by Gasteiger charge is -2.33. The van der Waals surface area contributed by atoms with Gasteiger partial charge in [0, 0.05) is 18.2 Å². The van der Waals surface area contributed by atoms with Crippen molar-refractivity contribution in [3.63, 3.8) is 0 Å². The third-order valence-electron chi connectivity index (χ3n) is 3.23. The maximum absolute atomic E-state index is 12.2. The van der Waals surface area contributed by atoms with Crippen molar-refractivity contribution in [1.29, 1.82) is 0 Å². The van der Waals surface area contributed by atoms with Crippen LogP contribution in [0.1, 0.15) is 30.1 Å². The van der Waals surface area contributed by atoms with Gasteiger partial charge in [-0.05, 0) is 25.8 Å². The molecule has 0 atom stereocenters. The highest BCUT2D eigenvalue weighted by Crippen LogP contribution is 2.31. The van der Waals surface area contributed by atoms with Crippen molar-refractivity contribution in [2.24, 2.45) is 5.73 Å². The molecule has 108 valence electrons. The van der Waals surface area contributed by atoms with Crippen molar-refractivity contribution in [1.82, 2.24) is 5.32 Å². The van der Waals surface area contributed by atoms with Gasteiger partial charge in [0.15, 0.2) is 0 Å². The number of para-hydroxylation sites is 1. The van der Waals surface area contributed by atoms with Gasteiger partial charge in [0.2, 0.25) is 5.75 Å². The Hall–Kier alpha value is -2.15. The third-order valence-corrected chi connectivity index (χ3v) is 3.23. The lowest BCUT2D eigenvalue weighted by molar-refractivity contribution is -0.385. The van der Waals surface area contributed by atoms with Gasteiger partial charge in [0.1, 0.15) is 0 Å². The van der Waals surface area contributed by atoms with E-state index in [-0.39, 0.29) is 41.6 Å². The van der Waals surface area contributed by atoms with Gasteiger partial charge in [0.05, 0.1) is 17.1 Å². The average molecular weight is 279 g/mol. The number of benzene rings is 1. The highest BCUT2D eigenvalue weighted by atomic mass is 16.6. The number of nitrogens with two attached hydrogens (primary N) is 1. The lowest BCUT2D eigenvalue weighted by atomic mass is 9.87. The molecule has 0 bridgehead atoms. The number of carbonyl (C=O) groups excluding carboxylic acids is 1. The molecule has 0 unspecified atom stereocenters. The summed E-state index contributed by atoms with van der Waals surface area (Å²) < 4.78 is 5.28. The molecule has 0 radical (unpaired) electrons. The normalized spacial score (nSPS) is 20.9. The molecule has 0 heterocycles. The van der Waals surface area contributed by atoms with E-state index in [1.165, 1.54) is 18.2 Å². The van der Waals surface area contributed by atoms with Crippen molar-refractivity contribution in [2.45, 2.75) is 31.8 Å². The molecule has 0 aromatic heterocycles. The number of amides is 1. The average Bonchev–Trinajstić information content (AvgIpc) is 2.37. The number of ether oxygens (including phenoxy) is 1. The van der Waals surface area contributed by atoms with Crippen LogP contribution in [0.3, 0.4) is 0 Å². The Morgan fingerprint density at radius 1 is 1.55 bits per heavy atom. The number of nitro groups is 1. The van der Waals surface area contributed by atoms with E-state index in [1.54, 1.807) is 6.92 Å². The Balaban J connectivity index is 2.23. The van der Waals surface area contributed by atoms with E-state index in [1.807, 2.05) is 0 Å². The summed E-state index contributed by atoms with van der Waals surface area (Å²) >= 11 is 0. The van der Waals surface area contributed by atoms with E-state index in [0.717, 1.165) is 12.8 Å². The number of nitrogens with zero attached hydrogens (tertiary/aromatic N) is 1. The monoisotopic (exact) mass is 279 g/mol. The minimum Gasteiger partial charge on any atom is -0.487 e. The molecule has 1 aliphatic rings. The van der Waals surface area contributed by atoms with Crippen molar-refractivity contribution < 1.29 is 14.5 Å². The van der Waals surface area contributed by atoms with Crippen LogP contribution in [-0.4, -0.2) is 29.5 Å². The first-order chi connectivity index (χ1) is 9.52. The van der Waals surface area contributed by atoms with Crippen LogP contribution in [0.15, 0.2) is 18.2 Å². The second kappa shape index (κ2) is 5.87. The van der Waals surface area contributed by atoms with Gasteiger partial charge in [-0.25, -0.2) is 0 Å². The van der Waals surface area contributed by atoms with Gasteiger partial charge in [-0.1, -0.05) is 6.07 Å². The molecule has 7 nitrogen and oxygen atoms in total. The summed E-state index contributed by atoms with van der Waals surface area (Å²) in [4.78, 5) is 22.6. The predicted octanol–water partition coefficient (Wildman–Crippen LogP) is 1.21. The Kier molecular flexibility index (Phi) is 4.19. The van der Waals surface area contributed by atoms with Crippen molar-refractivity contribution in [3.8, 4) is 5.75 Å². The molecule has 3 N–H and O–H groups in total. The molecule has 1 fully saturated rings. The second-order valence-corrected chi connectivity index (χ2v) is 4.75. The standard InChI is InChI=1S/C13H17N3O4/c1-2-20-12-10(4-3-5-11(12)16(18)19)13(17)15-9-6-8(14)7-9/h3-5,8-9H,2,6-7,14H2,1H3,(H,15,17). The van der Waals surface area contributed by atoms with Gasteiger partial charge >= 0.3 is 5.69 Å². The Morgan fingerprint density at radius 2 is 2.25 bits per heavy atom. The number of nitrogens with one attached hydrogen (secondary N) is 1. The smallest absolute Gasteiger partial charge is 0.311 e. The Labute approximate surface area is 116 Å². The van der Waals surface area contributed by atoms with E-state index in [4.69, 9.17) is 10.5 Å². The summed E-state index contributed by atoms with van der Waals surface area (Å²) in [5.74, 6) is -0.352. The van der Waals surface area contributed by atoms with Crippen LogP contribution in [0.2, 0.25) is 0 Å². The van der Waals surface area contributed by atoms with E-state index in [9.17, 15) is 14.9 Å². The molecule has 1 aliphatic carbocycles. The molecule has 7 heteroatoms. The van der Waals surface area contributed by atoms with Crippen LogP contribution >= 0.6 is 0 Å². The predicted molar refractivity (Wildman–Crippen MR) is 72.7 cm³/mol. The lowest BCUT2D eigenvalue weighted by Crippen LogP contribution is -2.50. The molecule has 0 saturated heterocycles. The van der Waals surface area contributed by atoms with Crippen LogP contribution in [0.5, 0.6) is 5.75 Å². The first kappa shape index (κ1) is 14.3. The maximum atomic E-state index is 12.2. The van der Waals surface area contributed by atoms with Gasteiger partial charge in [0.25, 0.3) is 5.91 Å². The zero-order valence-corrected chi connectivity index (χ0v) is 11.2. The van der Waals surface area contributed by atoms with E-state index >= 15 is 0 Å². The number of rotatable bonds is 5. The zero-order chi connectivity index (χ0) is 14.7. The molecule has 1 amide bonds. The molecular weight excluding hydrogens is 262 g/mol. The topological polar surface area (TPSA) is 107 Å². The van der Waals surface area contributed by atoms with Crippen LogP contribution in [-0.2, 0) is 0 Å². The van der Waals surface area contributed by atoms with Gasteiger partial charge < -0.3 is 15.8 Å². The largest absolute Gasteiger partial charge is 0.487 e. The first-order valence-electron chi connectivity index (χ1n) is 6.49. The van der Waals surface area contributed by atoms with E-state index in [0.29, 0.717) is 0 Å². The molecule has 1 aromatic carbocycles. The summed E-state index contributed by atoms with van der Waals surface area (Å²) in [5, 5.41) is 13.8. The Morgan fingerprint density at radius 3 is 2.80 bits per heavy atom. The molecule has 20 heavy (non-hydrogen) atoms. The summed E-state index contributed by atoms with van der Waals surface area (Å²) in [6.07, 6.45) is 1.45. The second-order valence-electron chi connectivity index (χ2n) is 4.75. The van der Waals surface area contributed by atoms with Crippen molar-refractivity contribution in [2.75, 3.05) is 6.61 Å². The molecule has 1 saturated carbocycles. The van der Waals surface area contributed by atoms with Gasteiger partial charge in [-0.15, -0.1) is 0 Å². The Bertz CT molecular complexity index is 526. The molecule has 0 aliphatic heterocycles. The number of hydrogen-bond donors (Lipinski definition) is 2. The van der Waals surface area contributed by atoms with E-state index < -0.39 is 4.92 Å². The van der Waals surface area contributed by atoms with Crippen LogP contribution in [0.25, 0.3) is 0 Å². The summed E-state index contributed by atoms with van der Waals surface area (Å²) in [5.41, 5.74) is 5.64. The summed E-state index contributed by atoms with van der Waals surface area (Å²) in [7, 11) is 0. The SMILES string of the molecule is CCOc1c(C(=O)NC2CC(N)C2)cccc1[N+](=O)[O-]. The molecule has 0 spiro atoms. The quantitative estimate of drug-likeness (QED) is 0.622. The fourth-order valence-electron chi connectivity index (χ4n) is 2.19. The minimum atomic E-state index is -0.555.